The first-order valence-corrected chi connectivity index (χ1v) is 5.20. The number of hydrogen-bond acceptors (Lipinski definition) is 2. The van der Waals surface area contributed by atoms with Gasteiger partial charge in [0, 0.05) is 12.2 Å². The van der Waals surface area contributed by atoms with Gasteiger partial charge in [0.05, 0.1) is 6.42 Å². The lowest BCUT2D eigenvalue weighted by atomic mass is 10.1. The Morgan fingerprint density at radius 1 is 1.47 bits per heavy atom. The summed E-state index contributed by atoms with van der Waals surface area (Å²) in [6.07, 6.45) is 0.413. The lowest BCUT2D eigenvalue weighted by Crippen LogP contribution is -2.30. The first kappa shape index (κ1) is 10.0. The smallest absolute Gasteiger partial charge is 0.231 e. The standard InChI is InChI=1S/C12H15NO2/c1-8(2)7-13-11-4-3-10(14)5-9(11)6-12(13)15/h3-5,8,14H,6-7H2,1-2H3. The Labute approximate surface area is 89.3 Å². The Morgan fingerprint density at radius 3 is 2.87 bits per heavy atom. The van der Waals surface area contributed by atoms with Gasteiger partial charge in [0.15, 0.2) is 0 Å². The molecular formula is C12H15NO2. The van der Waals surface area contributed by atoms with Crippen molar-refractivity contribution in [1.82, 2.24) is 0 Å². The van der Waals surface area contributed by atoms with Crippen molar-refractivity contribution < 1.29 is 9.90 Å². The molecule has 1 aliphatic heterocycles. The van der Waals surface area contributed by atoms with Crippen LogP contribution in [0.25, 0.3) is 0 Å². The summed E-state index contributed by atoms with van der Waals surface area (Å²) in [6.45, 7) is 4.92. The maximum atomic E-state index is 11.7. The van der Waals surface area contributed by atoms with Crippen molar-refractivity contribution in [2.24, 2.45) is 5.92 Å². The zero-order valence-corrected chi connectivity index (χ0v) is 9.03. The van der Waals surface area contributed by atoms with Crippen molar-refractivity contribution in [2.75, 3.05) is 11.4 Å². The molecule has 3 heteroatoms. The Hall–Kier alpha value is -1.51. The highest BCUT2D eigenvalue weighted by atomic mass is 16.3. The van der Waals surface area contributed by atoms with E-state index in [1.54, 1.807) is 17.0 Å². The summed E-state index contributed by atoms with van der Waals surface area (Å²) >= 11 is 0. The highest BCUT2D eigenvalue weighted by Gasteiger charge is 2.27. The van der Waals surface area contributed by atoms with Crippen molar-refractivity contribution in [3.63, 3.8) is 0 Å². The van der Waals surface area contributed by atoms with E-state index in [-0.39, 0.29) is 11.7 Å². The largest absolute Gasteiger partial charge is 0.508 e. The number of carbonyl (C=O) groups is 1. The van der Waals surface area contributed by atoms with Crippen LogP contribution in [0.2, 0.25) is 0 Å². The van der Waals surface area contributed by atoms with Crippen LogP contribution in [-0.4, -0.2) is 17.6 Å². The van der Waals surface area contributed by atoms with Crippen LogP contribution in [0.1, 0.15) is 19.4 Å². The Bertz CT molecular complexity index is 399. The molecule has 0 atom stereocenters. The van der Waals surface area contributed by atoms with Gasteiger partial charge in [-0.3, -0.25) is 4.79 Å². The summed E-state index contributed by atoms with van der Waals surface area (Å²) in [6, 6.07) is 5.12. The normalized spacial score (nSPS) is 14.9. The third-order valence-corrected chi connectivity index (χ3v) is 2.54. The summed E-state index contributed by atoms with van der Waals surface area (Å²) in [5.41, 5.74) is 1.88. The number of carbonyl (C=O) groups excluding carboxylic acids is 1. The second kappa shape index (κ2) is 3.57. The van der Waals surface area contributed by atoms with Crippen LogP contribution in [0.4, 0.5) is 5.69 Å². The monoisotopic (exact) mass is 205 g/mol. The van der Waals surface area contributed by atoms with E-state index >= 15 is 0 Å². The number of benzene rings is 1. The average molecular weight is 205 g/mol. The van der Waals surface area contributed by atoms with Gasteiger partial charge < -0.3 is 10.0 Å². The molecule has 80 valence electrons. The van der Waals surface area contributed by atoms with Crippen molar-refractivity contribution in [1.29, 1.82) is 0 Å². The molecule has 1 aromatic carbocycles. The van der Waals surface area contributed by atoms with Crippen molar-refractivity contribution in [3.05, 3.63) is 23.8 Å². The lowest BCUT2D eigenvalue weighted by Gasteiger charge is -2.19. The molecule has 0 fully saturated rings. The highest BCUT2D eigenvalue weighted by molar-refractivity contribution is 6.01. The van der Waals surface area contributed by atoms with E-state index in [2.05, 4.69) is 13.8 Å². The fourth-order valence-electron chi connectivity index (χ4n) is 1.93. The average Bonchev–Trinajstić information content (AvgIpc) is 2.41. The number of nitrogens with zero attached hydrogens (tertiary/aromatic N) is 1. The molecule has 0 aliphatic carbocycles. The van der Waals surface area contributed by atoms with E-state index in [1.165, 1.54) is 0 Å². The quantitative estimate of drug-likeness (QED) is 0.801. The van der Waals surface area contributed by atoms with Crippen LogP contribution in [0.5, 0.6) is 5.75 Å². The molecule has 0 radical (unpaired) electrons. The number of phenols is 1. The van der Waals surface area contributed by atoms with Gasteiger partial charge in [-0.05, 0) is 29.7 Å². The molecule has 0 saturated heterocycles. The minimum absolute atomic E-state index is 0.129. The third kappa shape index (κ3) is 1.82. The Balaban J connectivity index is 2.33. The van der Waals surface area contributed by atoms with Crippen molar-refractivity contribution >= 4 is 11.6 Å². The summed E-state index contributed by atoms with van der Waals surface area (Å²) in [7, 11) is 0. The van der Waals surface area contributed by atoms with E-state index in [1.807, 2.05) is 6.07 Å². The number of rotatable bonds is 2. The molecule has 2 rings (SSSR count). The lowest BCUT2D eigenvalue weighted by molar-refractivity contribution is -0.117. The molecule has 0 spiro atoms. The predicted molar refractivity (Wildman–Crippen MR) is 59.0 cm³/mol. The van der Waals surface area contributed by atoms with Gasteiger partial charge in [0.2, 0.25) is 5.91 Å². The van der Waals surface area contributed by atoms with E-state index in [4.69, 9.17) is 0 Å². The molecule has 0 unspecified atom stereocenters. The first-order valence-electron chi connectivity index (χ1n) is 5.20. The minimum atomic E-state index is 0.129. The van der Waals surface area contributed by atoms with Crippen LogP contribution >= 0.6 is 0 Å². The van der Waals surface area contributed by atoms with Crippen LogP contribution in [-0.2, 0) is 11.2 Å². The van der Waals surface area contributed by atoms with E-state index in [9.17, 15) is 9.90 Å². The fourth-order valence-corrected chi connectivity index (χ4v) is 1.93. The molecule has 1 heterocycles. The summed E-state index contributed by atoms with van der Waals surface area (Å²) in [4.78, 5) is 13.5. The maximum absolute atomic E-state index is 11.7. The van der Waals surface area contributed by atoms with Gasteiger partial charge in [0.1, 0.15) is 5.75 Å². The van der Waals surface area contributed by atoms with Crippen molar-refractivity contribution in [2.45, 2.75) is 20.3 Å². The van der Waals surface area contributed by atoms with Crippen LogP contribution in [0.15, 0.2) is 18.2 Å². The van der Waals surface area contributed by atoms with E-state index in [0.29, 0.717) is 12.3 Å². The summed E-state index contributed by atoms with van der Waals surface area (Å²) in [5, 5.41) is 9.32. The molecule has 0 bridgehead atoms. The number of anilines is 1. The van der Waals surface area contributed by atoms with Crippen LogP contribution in [0.3, 0.4) is 0 Å². The predicted octanol–water partition coefficient (Wildman–Crippen LogP) is 1.94. The number of fused-ring (bicyclic) bond motifs is 1. The second-order valence-electron chi connectivity index (χ2n) is 4.39. The van der Waals surface area contributed by atoms with E-state index < -0.39 is 0 Å². The fraction of sp³-hybridized carbons (Fsp3) is 0.417. The second-order valence-corrected chi connectivity index (χ2v) is 4.39. The minimum Gasteiger partial charge on any atom is -0.508 e. The molecule has 0 saturated carbocycles. The zero-order chi connectivity index (χ0) is 11.0. The van der Waals surface area contributed by atoms with Gasteiger partial charge in [-0.15, -0.1) is 0 Å². The molecule has 1 aromatic rings. The molecule has 15 heavy (non-hydrogen) atoms. The molecule has 3 nitrogen and oxygen atoms in total. The van der Waals surface area contributed by atoms with E-state index in [0.717, 1.165) is 17.8 Å². The molecule has 1 aliphatic rings. The Kier molecular flexibility index (Phi) is 2.39. The van der Waals surface area contributed by atoms with Crippen LogP contribution in [0, 0.1) is 5.92 Å². The number of amides is 1. The summed E-state index contributed by atoms with van der Waals surface area (Å²) in [5.74, 6) is 0.811. The summed E-state index contributed by atoms with van der Waals surface area (Å²) < 4.78 is 0. The Morgan fingerprint density at radius 2 is 2.20 bits per heavy atom. The molecular weight excluding hydrogens is 190 g/mol. The highest BCUT2D eigenvalue weighted by Crippen LogP contribution is 2.31. The number of hydrogen-bond donors (Lipinski definition) is 1. The van der Waals surface area contributed by atoms with Gasteiger partial charge >= 0.3 is 0 Å². The SMILES string of the molecule is CC(C)CN1C(=O)Cc2cc(O)ccc21. The third-order valence-electron chi connectivity index (χ3n) is 2.54. The van der Waals surface area contributed by atoms with Crippen molar-refractivity contribution in [3.8, 4) is 5.75 Å². The van der Waals surface area contributed by atoms with Gasteiger partial charge in [-0.2, -0.15) is 0 Å². The van der Waals surface area contributed by atoms with Gasteiger partial charge in [0.25, 0.3) is 0 Å². The molecule has 1 N–H and O–H groups in total. The van der Waals surface area contributed by atoms with Crippen LogP contribution < -0.4 is 4.90 Å². The number of phenolic OH excluding ortho intramolecular Hbond substituents is 1. The maximum Gasteiger partial charge on any atom is 0.231 e. The molecule has 1 amide bonds. The van der Waals surface area contributed by atoms with Gasteiger partial charge in [-0.25, -0.2) is 0 Å². The number of aromatic hydroxyl groups is 1. The molecule has 0 aromatic heterocycles. The zero-order valence-electron chi connectivity index (χ0n) is 9.03. The first-order chi connectivity index (χ1) is 7.08. The topological polar surface area (TPSA) is 40.5 Å². The van der Waals surface area contributed by atoms with Gasteiger partial charge in [-0.1, -0.05) is 13.8 Å².